The largest absolute Gasteiger partial charge is 0.494 e. The van der Waals surface area contributed by atoms with Gasteiger partial charge in [0.2, 0.25) is 0 Å². The molecule has 0 aliphatic carbocycles. The van der Waals surface area contributed by atoms with Crippen molar-refractivity contribution < 1.29 is 9.47 Å². The van der Waals surface area contributed by atoms with E-state index in [4.69, 9.17) is 9.47 Å². The van der Waals surface area contributed by atoms with Crippen LogP contribution in [0.1, 0.15) is 31.7 Å². The molecule has 0 saturated heterocycles. The van der Waals surface area contributed by atoms with E-state index in [-0.39, 0.29) is 0 Å². The second kappa shape index (κ2) is 8.17. The van der Waals surface area contributed by atoms with Crippen molar-refractivity contribution in [2.24, 2.45) is 0 Å². The van der Waals surface area contributed by atoms with E-state index in [0.717, 1.165) is 38.2 Å². The first kappa shape index (κ1) is 13.0. The molecule has 2 nitrogen and oxygen atoms in total. The van der Waals surface area contributed by atoms with E-state index < -0.39 is 0 Å². The van der Waals surface area contributed by atoms with Gasteiger partial charge in [-0.25, -0.2) is 0 Å². The van der Waals surface area contributed by atoms with Crippen LogP contribution in [-0.2, 0) is 11.2 Å². The highest BCUT2D eigenvalue weighted by Gasteiger charge is 1.94. The normalized spacial score (nSPS) is 10.4. The molecule has 0 amide bonds. The Morgan fingerprint density at radius 2 is 1.62 bits per heavy atom. The van der Waals surface area contributed by atoms with Crippen LogP contribution in [0, 0.1) is 0 Å². The van der Waals surface area contributed by atoms with Crippen molar-refractivity contribution in [3.8, 4) is 5.75 Å². The highest BCUT2D eigenvalue weighted by atomic mass is 16.5. The molecule has 0 atom stereocenters. The molecule has 0 radical (unpaired) electrons. The van der Waals surface area contributed by atoms with Gasteiger partial charge >= 0.3 is 0 Å². The quantitative estimate of drug-likeness (QED) is 0.627. The molecule has 0 fully saturated rings. The zero-order valence-corrected chi connectivity index (χ0v) is 10.4. The van der Waals surface area contributed by atoms with Crippen LogP contribution in [0.5, 0.6) is 5.75 Å². The molecule has 0 heterocycles. The molecular weight excluding hydrogens is 200 g/mol. The van der Waals surface area contributed by atoms with E-state index in [1.807, 2.05) is 12.1 Å². The molecule has 16 heavy (non-hydrogen) atoms. The predicted molar refractivity (Wildman–Crippen MR) is 67.0 cm³/mol. The molecule has 0 aliphatic heterocycles. The van der Waals surface area contributed by atoms with Gasteiger partial charge in [0.25, 0.3) is 0 Å². The maximum atomic E-state index is 5.64. The Morgan fingerprint density at radius 1 is 0.938 bits per heavy atom. The number of benzene rings is 1. The minimum atomic E-state index is 0.801. The average Bonchev–Trinajstić information content (AvgIpc) is 2.34. The fraction of sp³-hybridized carbons (Fsp3) is 0.571. The number of hydrogen-bond acceptors (Lipinski definition) is 2. The summed E-state index contributed by atoms with van der Waals surface area (Å²) < 4.78 is 10.6. The van der Waals surface area contributed by atoms with Crippen LogP contribution in [-0.4, -0.2) is 20.3 Å². The molecule has 0 spiro atoms. The highest BCUT2D eigenvalue weighted by molar-refractivity contribution is 5.27. The molecule has 0 saturated carbocycles. The third-order valence-electron chi connectivity index (χ3n) is 2.59. The topological polar surface area (TPSA) is 18.5 Å². The lowest BCUT2D eigenvalue weighted by Crippen LogP contribution is -1.98. The van der Waals surface area contributed by atoms with Gasteiger partial charge in [0.05, 0.1) is 6.61 Å². The van der Waals surface area contributed by atoms with Crippen LogP contribution in [0.25, 0.3) is 0 Å². The molecule has 0 N–H and O–H groups in total. The maximum Gasteiger partial charge on any atom is 0.119 e. The molecule has 1 aromatic rings. The van der Waals surface area contributed by atoms with E-state index in [1.54, 1.807) is 7.11 Å². The van der Waals surface area contributed by atoms with E-state index in [1.165, 1.54) is 12.0 Å². The second-order valence-electron chi connectivity index (χ2n) is 3.90. The number of methoxy groups -OCH3 is 1. The zero-order valence-electron chi connectivity index (χ0n) is 10.4. The third-order valence-corrected chi connectivity index (χ3v) is 2.59. The lowest BCUT2D eigenvalue weighted by atomic mass is 10.2. The molecule has 1 rings (SSSR count). The van der Waals surface area contributed by atoms with Gasteiger partial charge < -0.3 is 9.47 Å². The fourth-order valence-corrected chi connectivity index (χ4v) is 1.54. The summed E-state index contributed by atoms with van der Waals surface area (Å²) in [7, 11) is 1.74. The Morgan fingerprint density at radius 3 is 2.25 bits per heavy atom. The average molecular weight is 222 g/mol. The minimum absolute atomic E-state index is 0.801. The smallest absolute Gasteiger partial charge is 0.119 e. The van der Waals surface area contributed by atoms with Crippen LogP contribution < -0.4 is 4.74 Å². The first-order valence-corrected chi connectivity index (χ1v) is 6.07. The Kier molecular flexibility index (Phi) is 6.66. The summed E-state index contributed by atoms with van der Waals surface area (Å²) in [6.07, 6.45) is 4.46. The molecule has 0 bridgehead atoms. The van der Waals surface area contributed by atoms with E-state index >= 15 is 0 Å². The Hall–Kier alpha value is -1.02. The zero-order chi connectivity index (χ0) is 11.6. The maximum absolute atomic E-state index is 5.64. The first-order chi connectivity index (χ1) is 7.86. The van der Waals surface area contributed by atoms with E-state index in [0.29, 0.717) is 0 Å². The number of ether oxygens (including phenoxy) is 2. The van der Waals surface area contributed by atoms with Gasteiger partial charge in [-0.3, -0.25) is 0 Å². The van der Waals surface area contributed by atoms with Crippen molar-refractivity contribution in [1.82, 2.24) is 0 Å². The van der Waals surface area contributed by atoms with Gasteiger partial charge in [-0.2, -0.15) is 0 Å². The van der Waals surface area contributed by atoms with Crippen LogP contribution in [0.4, 0.5) is 0 Å². The van der Waals surface area contributed by atoms with E-state index in [2.05, 4.69) is 19.1 Å². The molecule has 1 aromatic carbocycles. The molecule has 0 aromatic heterocycles. The summed E-state index contributed by atoms with van der Waals surface area (Å²) >= 11 is 0. The summed E-state index contributed by atoms with van der Waals surface area (Å²) in [6, 6.07) is 8.35. The molecule has 0 aliphatic rings. The standard InChI is InChI=1S/C14H22O2/c1-3-13-7-9-14(10-8-13)16-12-6-4-5-11-15-2/h7-10H,3-6,11-12H2,1-2H3. The van der Waals surface area contributed by atoms with Crippen LogP contribution in [0.15, 0.2) is 24.3 Å². The summed E-state index contributed by atoms with van der Waals surface area (Å²) in [5.41, 5.74) is 1.35. The number of hydrogen-bond donors (Lipinski definition) is 0. The summed E-state index contributed by atoms with van der Waals surface area (Å²) in [4.78, 5) is 0. The third kappa shape index (κ3) is 5.17. The number of rotatable bonds is 8. The van der Waals surface area contributed by atoms with Crippen LogP contribution in [0.2, 0.25) is 0 Å². The minimum Gasteiger partial charge on any atom is -0.494 e. The van der Waals surface area contributed by atoms with Gasteiger partial charge in [-0.1, -0.05) is 19.1 Å². The summed E-state index contributed by atoms with van der Waals surface area (Å²) in [5.74, 6) is 0.976. The first-order valence-electron chi connectivity index (χ1n) is 6.07. The molecule has 2 heteroatoms. The molecule has 0 unspecified atom stereocenters. The second-order valence-corrected chi connectivity index (χ2v) is 3.90. The Bertz CT molecular complexity index is 267. The van der Waals surface area contributed by atoms with Crippen molar-refractivity contribution in [2.45, 2.75) is 32.6 Å². The summed E-state index contributed by atoms with van der Waals surface area (Å²) in [6.45, 7) is 3.81. The van der Waals surface area contributed by atoms with Gasteiger partial charge in [0.1, 0.15) is 5.75 Å². The lowest BCUT2D eigenvalue weighted by molar-refractivity contribution is 0.189. The highest BCUT2D eigenvalue weighted by Crippen LogP contribution is 2.13. The van der Waals surface area contributed by atoms with Gasteiger partial charge in [0.15, 0.2) is 0 Å². The van der Waals surface area contributed by atoms with Gasteiger partial charge in [-0.15, -0.1) is 0 Å². The monoisotopic (exact) mass is 222 g/mol. The van der Waals surface area contributed by atoms with Crippen LogP contribution in [0.3, 0.4) is 0 Å². The van der Waals surface area contributed by atoms with E-state index in [9.17, 15) is 0 Å². The van der Waals surface area contributed by atoms with Crippen molar-refractivity contribution in [1.29, 1.82) is 0 Å². The number of unbranched alkanes of at least 4 members (excludes halogenated alkanes) is 2. The Balaban J connectivity index is 2.12. The Labute approximate surface area is 98.6 Å². The molecular formula is C14H22O2. The molecule has 90 valence electrons. The lowest BCUT2D eigenvalue weighted by Gasteiger charge is -2.06. The van der Waals surface area contributed by atoms with Gasteiger partial charge in [-0.05, 0) is 43.4 Å². The summed E-state index contributed by atoms with van der Waals surface area (Å²) in [5, 5.41) is 0. The van der Waals surface area contributed by atoms with Crippen molar-refractivity contribution in [3.63, 3.8) is 0 Å². The van der Waals surface area contributed by atoms with Gasteiger partial charge in [0, 0.05) is 13.7 Å². The van der Waals surface area contributed by atoms with Crippen molar-refractivity contribution in [2.75, 3.05) is 20.3 Å². The van der Waals surface area contributed by atoms with Crippen LogP contribution >= 0.6 is 0 Å². The fourth-order valence-electron chi connectivity index (χ4n) is 1.54. The predicted octanol–water partition coefficient (Wildman–Crippen LogP) is 3.44. The van der Waals surface area contributed by atoms with Crippen molar-refractivity contribution in [3.05, 3.63) is 29.8 Å². The number of aryl methyl sites for hydroxylation is 1. The SMILES string of the molecule is CCc1ccc(OCCCCCOC)cc1. The van der Waals surface area contributed by atoms with Crippen molar-refractivity contribution >= 4 is 0 Å².